The Kier molecular flexibility index (Phi) is 5.52. The summed E-state index contributed by atoms with van der Waals surface area (Å²) in [7, 11) is 2.17. The van der Waals surface area contributed by atoms with Crippen molar-refractivity contribution >= 4 is 23.2 Å². The molecule has 2 unspecified atom stereocenters. The summed E-state index contributed by atoms with van der Waals surface area (Å²) < 4.78 is 0. The second-order valence-electron chi connectivity index (χ2n) is 5.50. The fourth-order valence-corrected chi connectivity index (χ4v) is 3.55. The zero-order valence-electron chi connectivity index (χ0n) is 11.4. The second kappa shape index (κ2) is 6.94. The third-order valence-corrected chi connectivity index (χ3v) is 4.76. The molecule has 0 saturated heterocycles. The van der Waals surface area contributed by atoms with Gasteiger partial charge in [0.2, 0.25) is 0 Å². The monoisotopic (exact) mass is 300 g/mol. The molecule has 2 rings (SSSR count). The van der Waals surface area contributed by atoms with Crippen molar-refractivity contribution < 1.29 is 0 Å². The van der Waals surface area contributed by atoms with E-state index in [0.717, 1.165) is 23.7 Å². The van der Waals surface area contributed by atoms with E-state index in [0.29, 0.717) is 17.0 Å². The zero-order valence-corrected chi connectivity index (χ0v) is 12.9. The average Bonchev–Trinajstić information content (AvgIpc) is 2.41. The van der Waals surface area contributed by atoms with Crippen LogP contribution in [-0.4, -0.2) is 24.5 Å². The van der Waals surface area contributed by atoms with Crippen LogP contribution in [-0.2, 0) is 6.54 Å². The molecule has 1 aromatic rings. The van der Waals surface area contributed by atoms with Gasteiger partial charge in [-0.25, -0.2) is 0 Å². The number of halogens is 2. The first kappa shape index (κ1) is 15.1. The topological polar surface area (TPSA) is 29.3 Å². The number of nitrogens with two attached hydrogens (primary N) is 1. The van der Waals surface area contributed by atoms with Gasteiger partial charge in [-0.1, -0.05) is 42.1 Å². The summed E-state index contributed by atoms with van der Waals surface area (Å²) in [5.74, 6) is 0.616. The molecule has 2 N–H and O–H groups in total. The van der Waals surface area contributed by atoms with E-state index in [9.17, 15) is 0 Å². The predicted molar refractivity (Wildman–Crippen MR) is 82.7 cm³/mol. The van der Waals surface area contributed by atoms with Crippen molar-refractivity contribution in [3.8, 4) is 0 Å². The van der Waals surface area contributed by atoms with E-state index in [1.54, 1.807) is 0 Å². The van der Waals surface area contributed by atoms with Gasteiger partial charge in [0.25, 0.3) is 0 Å². The van der Waals surface area contributed by atoms with Crippen molar-refractivity contribution in [3.63, 3.8) is 0 Å². The van der Waals surface area contributed by atoms with E-state index < -0.39 is 0 Å². The Balaban J connectivity index is 2.04. The first-order valence-electron chi connectivity index (χ1n) is 6.96. The predicted octanol–water partition coefficient (Wildman–Crippen LogP) is 3.94. The van der Waals surface area contributed by atoms with E-state index in [4.69, 9.17) is 28.9 Å². The highest BCUT2D eigenvalue weighted by Gasteiger charge is 2.27. The highest BCUT2D eigenvalue weighted by Crippen LogP contribution is 2.29. The van der Waals surface area contributed by atoms with Crippen molar-refractivity contribution in [3.05, 3.63) is 33.8 Å². The maximum absolute atomic E-state index is 6.25. The molecule has 1 aliphatic carbocycles. The minimum atomic E-state index is 0.575. The fraction of sp³-hybridized carbons (Fsp3) is 0.600. The molecule has 2 atom stereocenters. The lowest BCUT2D eigenvalue weighted by Gasteiger charge is -2.37. The first-order valence-corrected chi connectivity index (χ1v) is 7.71. The molecule has 106 valence electrons. The largest absolute Gasteiger partial charge is 0.330 e. The summed E-state index contributed by atoms with van der Waals surface area (Å²) in [4.78, 5) is 2.39. The van der Waals surface area contributed by atoms with Gasteiger partial charge in [0.05, 0.1) is 0 Å². The van der Waals surface area contributed by atoms with Crippen molar-refractivity contribution in [2.75, 3.05) is 13.6 Å². The summed E-state index contributed by atoms with van der Waals surface area (Å²) in [6.45, 7) is 1.64. The molecule has 0 spiro atoms. The van der Waals surface area contributed by atoms with Gasteiger partial charge in [-0.3, -0.25) is 4.90 Å². The molecule has 1 aromatic carbocycles. The Morgan fingerprint density at radius 1 is 1.26 bits per heavy atom. The molecular formula is C15H22Cl2N2. The number of rotatable bonds is 4. The summed E-state index contributed by atoms with van der Waals surface area (Å²) in [6.07, 6.45) is 5.11. The Labute approximate surface area is 125 Å². The van der Waals surface area contributed by atoms with Crippen molar-refractivity contribution in [1.82, 2.24) is 4.90 Å². The van der Waals surface area contributed by atoms with Crippen LogP contribution in [0.15, 0.2) is 18.2 Å². The Hall–Kier alpha value is -0.280. The number of hydrogen-bond acceptors (Lipinski definition) is 2. The Morgan fingerprint density at radius 3 is 2.68 bits per heavy atom. The van der Waals surface area contributed by atoms with Gasteiger partial charge < -0.3 is 5.73 Å². The normalized spacial score (nSPS) is 23.8. The lowest BCUT2D eigenvalue weighted by molar-refractivity contribution is 0.127. The minimum absolute atomic E-state index is 0.575. The van der Waals surface area contributed by atoms with E-state index in [1.165, 1.54) is 25.7 Å². The van der Waals surface area contributed by atoms with E-state index in [2.05, 4.69) is 11.9 Å². The molecule has 1 aliphatic rings. The van der Waals surface area contributed by atoms with Crippen LogP contribution in [0.3, 0.4) is 0 Å². The number of hydrogen-bond donors (Lipinski definition) is 1. The molecule has 1 saturated carbocycles. The Bertz CT molecular complexity index is 423. The summed E-state index contributed by atoms with van der Waals surface area (Å²) in [5, 5.41) is 1.44. The van der Waals surface area contributed by atoms with Crippen molar-refractivity contribution in [2.24, 2.45) is 11.7 Å². The van der Waals surface area contributed by atoms with Crippen LogP contribution in [0.25, 0.3) is 0 Å². The molecule has 2 nitrogen and oxygen atoms in total. The van der Waals surface area contributed by atoms with Gasteiger partial charge in [0.1, 0.15) is 0 Å². The smallest absolute Gasteiger partial charge is 0.0465 e. The quantitative estimate of drug-likeness (QED) is 0.912. The molecule has 19 heavy (non-hydrogen) atoms. The molecule has 0 heterocycles. The third-order valence-electron chi connectivity index (χ3n) is 4.17. The number of nitrogens with zero attached hydrogens (tertiary/aromatic N) is 1. The minimum Gasteiger partial charge on any atom is -0.330 e. The molecule has 4 heteroatoms. The van der Waals surface area contributed by atoms with Gasteiger partial charge in [-0.15, -0.1) is 0 Å². The molecule has 0 aliphatic heterocycles. The SMILES string of the molecule is CN(Cc1ccc(Cl)cc1Cl)C1CCCCC1CN. The molecule has 0 aromatic heterocycles. The highest BCUT2D eigenvalue weighted by atomic mass is 35.5. The number of benzene rings is 1. The van der Waals surface area contributed by atoms with Gasteiger partial charge in [0.15, 0.2) is 0 Å². The average molecular weight is 301 g/mol. The van der Waals surface area contributed by atoms with E-state index >= 15 is 0 Å². The molecule has 1 fully saturated rings. The third kappa shape index (κ3) is 3.85. The molecular weight excluding hydrogens is 279 g/mol. The zero-order chi connectivity index (χ0) is 13.8. The van der Waals surface area contributed by atoms with Gasteiger partial charge in [0, 0.05) is 22.6 Å². The van der Waals surface area contributed by atoms with Crippen LogP contribution >= 0.6 is 23.2 Å². The summed E-state index contributed by atoms with van der Waals surface area (Å²) in [5.41, 5.74) is 7.04. The fourth-order valence-electron chi connectivity index (χ4n) is 3.08. The molecule has 0 bridgehead atoms. The highest BCUT2D eigenvalue weighted by molar-refractivity contribution is 6.35. The van der Waals surface area contributed by atoms with Gasteiger partial charge in [-0.2, -0.15) is 0 Å². The van der Waals surface area contributed by atoms with Gasteiger partial charge in [-0.05, 0) is 50.0 Å². The molecule has 0 radical (unpaired) electrons. The van der Waals surface area contributed by atoms with E-state index in [1.807, 2.05) is 18.2 Å². The van der Waals surface area contributed by atoms with Gasteiger partial charge >= 0.3 is 0 Å². The van der Waals surface area contributed by atoms with E-state index in [-0.39, 0.29) is 0 Å². The van der Waals surface area contributed by atoms with Crippen LogP contribution in [0, 0.1) is 5.92 Å². The van der Waals surface area contributed by atoms with Crippen LogP contribution < -0.4 is 5.73 Å². The van der Waals surface area contributed by atoms with Crippen LogP contribution in [0.1, 0.15) is 31.2 Å². The first-order chi connectivity index (χ1) is 9.11. The maximum Gasteiger partial charge on any atom is 0.0465 e. The molecule has 0 amide bonds. The Morgan fingerprint density at radius 2 is 2.00 bits per heavy atom. The lowest BCUT2D eigenvalue weighted by atomic mass is 9.83. The van der Waals surface area contributed by atoms with Crippen molar-refractivity contribution in [2.45, 2.75) is 38.3 Å². The lowest BCUT2D eigenvalue weighted by Crippen LogP contribution is -2.42. The summed E-state index contributed by atoms with van der Waals surface area (Å²) in [6, 6.07) is 6.30. The standard InChI is InChI=1S/C15H22Cl2N2/c1-19(15-5-3-2-4-11(15)9-18)10-12-6-7-13(16)8-14(12)17/h6-8,11,15H,2-5,9-10,18H2,1H3. The summed E-state index contributed by atoms with van der Waals surface area (Å²) >= 11 is 12.2. The van der Waals surface area contributed by atoms with Crippen LogP contribution in [0.2, 0.25) is 10.0 Å². The van der Waals surface area contributed by atoms with Crippen molar-refractivity contribution in [1.29, 1.82) is 0 Å². The maximum atomic E-state index is 6.25. The van der Waals surface area contributed by atoms with Crippen LogP contribution in [0.5, 0.6) is 0 Å². The van der Waals surface area contributed by atoms with Crippen LogP contribution in [0.4, 0.5) is 0 Å². The second-order valence-corrected chi connectivity index (χ2v) is 6.34.